The molecule has 0 aliphatic carbocycles. The molecule has 1 aromatic carbocycles. The van der Waals surface area contributed by atoms with Crippen LogP contribution in [0, 0.1) is 17.0 Å². The van der Waals surface area contributed by atoms with Gasteiger partial charge in [-0.15, -0.1) is 0 Å². The summed E-state index contributed by atoms with van der Waals surface area (Å²) in [4.78, 5) is 10.1. The smallest absolute Gasteiger partial charge is 0.258 e. The SMILES string of the molecule is CCC[C@@H](C)NS(=O)(=O)c1cc([N+](=O)[O-])ccc1C. The average molecular weight is 286 g/mol. The molecule has 0 unspecified atom stereocenters. The number of hydrogen-bond acceptors (Lipinski definition) is 4. The molecule has 0 fully saturated rings. The molecular weight excluding hydrogens is 268 g/mol. The van der Waals surface area contributed by atoms with Crippen LogP contribution in [-0.4, -0.2) is 19.4 Å². The summed E-state index contributed by atoms with van der Waals surface area (Å²) in [6.45, 7) is 5.35. The van der Waals surface area contributed by atoms with Gasteiger partial charge in [-0.1, -0.05) is 19.4 Å². The maximum atomic E-state index is 12.2. The first-order valence-corrected chi connectivity index (χ1v) is 7.53. The lowest BCUT2D eigenvalue weighted by Crippen LogP contribution is -2.32. The average Bonchev–Trinajstić information content (AvgIpc) is 2.28. The highest BCUT2D eigenvalue weighted by Crippen LogP contribution is 2.22. The maximum absolute atomic E-state index is 12.2. The molecule has 1 rings (SSSR count). The van der Waals surface area contributed by atoms with Crippen molar-refractivity contribution in [1.29, 1.82) is 0 Å². The lowest BCUT2D eigenvalue weighted by Gasteiger charge is -2.14. The van der Waals surface area contributed by atoms with E-state index in [1.807, 2.05) is 6.92 Å². The molecule has 0 aliphatic rings. The van der Waals surface area contributed by atoms with E-state index in [0.717, 1.165) is 12.5 Å². The molecule has 6 nitrogen and oxygen atoms in total. The summed E-state index contributed by atoms with van der Waals surface area (Å²) >= 11 is 0. The summed E-state index contributed by atoms with van der Waals surface area (Å²) in [6.07, 6.45) is 1.57. The second-order valence-electron chi connectivity index (χ2n) is 4.52. The Hall–Kier alpha value is -1.47. The second kappa shape index (κ2) is 6.12. The topological polar surface area (TPSA) is 89.3 Å². The first-order chi connectivity index (χ1) is 8.77. The predicted molar refractivity (Wildman–Crippen MR) is 72.5 cm³/mol. The Labute approximate surface area is 113 Å². The number of hydrogen-bond donors (Lipinski definition) is 1. The number of benzene rings is 1. The van der Waals surface area contributed by atoms with Crippen LogP contribution in [0.3, 0.4) is 0 Å². The largest absolute Gasteiger partial charge is 0.270 e. The number of aryl methyl sites for hydroxylation is 1. The van der Waals surface area contributed by atoms with Gasteiger partial charge in [-0.25, -0.2) is 13.1 Å². The molecule has 0 aromatic heterocycles. The van der Waals surface area contributed by atoms with E-state index in [9.17, 15) is 18.5 Å². The Balaban J connectivity index is 3.13. The molecule has 0 amide bonds. The molecule has 106 valence electrons. The van der Waals surface area contributed by atoms with Gasteiger partial charge in [0.25, 0.3) is 5.69 Å². The van der Waals surface area contributed by atoms with Gasteiger partial charge in [-0.2, -0.15) is 0 Å². The summed E-state index contributed by atoms with van der Waals surface area (Å²) < 4.78 is 26.9. The van der Waals surface area contributed by atoms with Crippen LogP contribution in [0.4, 0.5) is 5.69 Å². The minimum absolute atomic E-state index is 0.0374. The number of nitro benzene ring substituents is 1. The summed E-state index contributed by atoms with van der Waals surface area (Å²) in [6, 6.07) is 3.63. The van der Waals surface area contributed by atoms with Gasteiger partial charge < -0.3 is 0 Å². The van der Waals surface area contributed by atoms with Crippen LogP contribution in [0.15, 0.2) is 23.1 Å². The van der Waals surface area contributed by atoms with E-state index in [4.69, 9.17) is 0 Å². The Bertz CT molecular complexity index is 569. The number of sulfonamides is 1. The van der Waals surface area contributed by atoms with Gasteiger partial charge in [-0.05, 0) is 25.8 Å². The third-order valence-corrected chi connectivity index (χ3v) is 4.48. The lowest BCUT2D eigenvalue weighted by molar-refractivity contribution is -0.385. The molecule has 1 N–H and O–H groups in total. The molecule has 0 bridgehead atoms. The fraction of sp³-hybridized carbons (Fsp3) is 0.500. The minimum Gasteiger partial charge on any atom is -0.258 e. The Morgan fingerprint density at radius 2 is 2.05 bits per heavy atom. The van der Waals surface area contributed by atoms with Gasteiger partial charge in [0.2, 0.25) is 10.0 Å². The predicted octanol–water partition coefficient (Wildman–Crippen LogP) is 2.37. The number of nitrogens with one attached hydrogen (secondary N) is 1. The number of rotatable bonds is 6. The van der Waals surface area contributed by atoms with Crippen molar-refractivity contribution in [3.63, 3.8) is 0 Å². The zero-order valence-electron chi connectivity index (χ0n) is 11.2. The van der Waals surface area contributed by atoms with E-state index in [1.165, 1.54) is 12.1 Å². The van der Waals surface area contributed by atoms with Crippen LogP contribution < -0.4 is 4.72 Å². The highest BCUT2D eigenvalue weighted by Gasteiger charge is 2.22. The first-order valence-electron chi connectivity index (χ1n) is 6.05. The molecule has 0 saturated heterocycles. The van der Waals surface area contributed by atoms with Crippen molar-refractivity contribution in [2.75, 3.05) is 0 Å². The van der Waals surface area contributed by atoms with Gasteiger partial charge in [0.15, 0.2) is 0 Å². The molecule has 1 atom stereocenters. The zero-order chi connectivity index (χ0) is 14.6. The quantitative estimate of drug-likeness (QED) is 0.642. The standard InChI is InChI=1S/C12H18N2O4S/c1-4-5-10(3)13-19(17,18)12-8-11(14(15)16)7-6-9(12)2/h6-8,10,13H,4-5H2,1-3H3/t10-/m1/s1. The normalized spacial score (nSPS) is 13.2. The van der Waals surface area contributed by atoms with Crippen molar-refractivity contribution < 1.29 is 13.3 Å². The molecule has 0 aliphatic heterocycles. The summed E-state index contributed by atoms with van der Waals surface area (Å²) in [5.41, 5.74) is 0.260. The van der Waals surface area contributed by atoms with E-state index in [1.54, 1.807) is 13.8 Å². The Morgan fingerprint density at radius 1 is 1.42 bits per heavy atom. The van der Waals surface area contributed by atoms with Crippen LogP contribution in [-0.2, 0) is 10.0 Å². The van der Waals surface area contributed by atoms with Gasteiger partial charge in [0.1, 0.15) is 0 Å². The molecule has 0 heterocycles. The van der Waals surface area contributed by atoms with Crippen LogP contribution in [0.1, 0.15) is 32.3 Å². The van der Waals surface area contributed by atoms with Crippen molar-refractivity contribution in [1.82, 2.24) is 4.72 Å². The molecule has 0 saturated carbocycles. The van der Waals surface area contributed by atoms with Crippen molar-refractivity contribution in [2.24, 2.45) is 0 Å². The molecule has 7 heteroatoms. The Morgan fingerprint density at radius 3 is 2.58 bits per heavy atom. The van der Waals surface area contributed by atoms with E-state index in [2.05, 4.69) is 4.72 Å². The van der Waals surface area contributed by atoms with E-state index in [0.29, 0.717) is 12.0 Å². The van der Waals surface area contributed by atoms with Crippen LogP contribution in [0.5, 0.6) is 0 Å². The number of nitro groups is 1. The third kappa shape index (κ3) is 4.00. The molecule has 19 heavy (non-hydrogen) atoms. The minimum atomic E-state index is -3.72. The molecular formula is C12H18N2O4S. The molecule has 0 spiro atoms. The fourth-order valence-corrected chi connectivity index (χ4v) is 3.35. The van der Waals surface area contributed by atoms with Crippen LogP contribution in [0.2, 0.25) is 0 Å². The summed E-state index contributed by atoms with van der Waals surface area (Å²) in [7, 11) is -3.72. The van der Waals surface area contributed by atoms with Crippen molar-refractivity contribution in [2.45, 2.75) is 44.6 Å². The van der Waals surface area contributed by atoms with Crippen LogP contribution in [0.25, 0.3) is 0 Å². The maximum Gasteiger partial charge on any atom is 0.270 e. The van der Waals surface area contributed by atoms with Gasteiger partial charge in [-0.3, -0.25) is 10.1 Å². The van der Waals surface area contributed by atoms with Gasteiger partial charge in [0, 0.05) is 18.2 Å². The third-order valence-electron chi connectivity index (χ3n) is 2.75. The molecule has 0 radical (unpaired) electrons. The van der Waals surface area contributed by atoms with Crippen LogP contribution >= 0.6 is 0 Å². The lowest BCUT2D eigenvalue weighted by atomic mass is 10.2. The first kappa shape index (κ1) is 15.6. The van der Waals surface area contributed by atoms with Crippen molar-refractivity contribution in [3.8, 4) is 0 Å². The number of nitrogens with zero attached hydrogens (tertiary/aromatic N) is 1. The van der Waals surface area contributed by atoms with Crippen molar-refractivity contribution in [3.05, 3.63) is 33.9 Å². The highest BCUT2D eigenvalue weighted by atomic mass is 32.2. The van der Waals surface area contributed by atoms with Gasteiger partial charge in [0.05, 0.1) is 9.82 Å². The summed E-state index contributed by atoms with van der Waals surface area (Å²) in [5.74, 6) is 0. The molecule has 1 aromatic rings. The second-order valence-corrected chi connectivity index (χ2v) is 6.20. The van der Waals surface area contributed by atoms with E-state index < -0.39 is 14.9 Å². The van der Waals surface area contributed by atoms with E-state index in [-0.39, 0.29) is 16.6 Å². The fourth-order valence-electron chi connectivity index (χ4n) is 1.81. The monoisotopic (exact) mass is 286 g/mol. The summed E-state index contributed by atoms with van der Waals surface area (Å²) in [5, 5.41) is 10.7. The van der Waals surface area contributed by atoms with Gasteiger partial charge >= 0.3 is 0 Å². The Kier molecular flexibility index (Phi) is 5.02. The van der Waals surface area contributed by atoms with Crippen molar-refractivity contribution >= 4 is 15.7 Å². The van der Waals surface area contributed by atoms with E-state index >= 15 is 0 Å². The highest BCUT2D eigenvalue weighted by molar-refractivity contribution is 7.89. The number of non-ortho nitro benzene ring substituents is 1. The zero-order valence-corrected chi connectivity index (χ0v) is 12.0.